The predicted octanol–water partition coefficient (Wildman–Crippen LogP) is 2.50. The van der Waals surface area contributed by atoms with E-state index >= 15 is 0 Å². The number of carbonyl (C=O) groups excluding carboxylic acids is 3. The highest BCUT2D eigenvalue weighted by Crippen LogP contribution is 2.40. The largest absolute Gasteiger partial charge is 0.462 e. The standard InChI is InChI=1S/C17H14BrNO5/c1-3-24-17(23)13-11(7-20)19(2)14-12(13)10-6-8(18)4-5-9(10)15(21)16(14)22/h4-6,20H,3,7H2,1-2H3. The number of esters is 1. The zero-order chi connectivity index (χ0) is 17.6. The molecule has 124 valence electrons. The highest BCUT2D eigenvalue weighted by Gasteiger charge is 2.39. The molecule has 1 aliphatic rings. The summed E-state index contributed by atoms with van der Waals surface area (Å²) in [7, 11) is 1.54. The van der Waals surface area contributed by atoms with Crippen LogP contribution in [0.5, 0.6) is 0 Å². The average Bonchev–Trinajstić information content (AvgIpc) is 2.85. The lowest BCUT2D eigenvalue weighted by atomic mass is 9.86. The first-order valence-corrected chi connectivity index (χ1v) is 8.10. The number of aromatic nitrogens is 1. The van der Waals surface area contributed by atoms with Gasteiger partial charge in [0.15, 0.2) is 0 Å². The molecule has 1 aliphatic carbocycles. The van der Waals surface area contributed by atoms with Crippen molar-refractivity contribution in [3.05, 3.63) is 45.2 Å². The number of Topliss-reactive ketones (excluding diaryl/α,β-unsaturated/α-hetero) is 2. The van der Waals surface area contributed by atoms with E-state index in [-0.39, 0.29) is 29.1 Å². The van der Waals surface area contributed by atoms with Gasteiger partial charge in [-0.15, -0.1) is 0 Å². The summed E-state index contributed by atoms with van der Waals surface area (Å²) in [5.74, 6) is -1.97. The van der Waals surface area contributed by atoms with Crippen molar-refractivity contribution in [2.24, 2.45) is 7.05 Å². The number of ether oxygens (including phenoxy) is 1. The van der Waals surface area contributed by atoms with Crippen molar-refractivity contribution >= 4 is 33.5 Å². The Balaban J connectivity index is 2.43. The van der Waals surface area contributed by atoms with Crippen LogP contribution in [0, 0.1) is 0 Å². The van der Waals surface area contributed by atoms with Crippen molar-refractivity contribution < 1.29 is 24.2 Å². The average molecular weight is 392 g/mol. The molecule has 1 aromatic heterocycles. The molecule has 0 radical (unpaired) electrons. The lowest BCUT2D eigenvalue weighted by Gasteiger charge is -2.17. The predicted molar refractivity (Wildman–Crippen MR) is 89.1 cm³/mol. The van der Waals surface area contributed by atoms with Gasteiger partial charge in [-0.3, -0.25) is 9.59 Å². The third-order valence-electron chi connectivity index (χ3n) is 4.06. The van der Waals surface area contributed by atoms with Crippen LogP contribution in [0.15, 0.2) is 22.7 Å². The van der Waals surface area contributed by atoms with E-state index in [0.29, 0.717) is 15.6 Å². The second kappa shape index (κ2) is 5.99. The second-order valence-electron chi connectivity index (χ2n) is 5.33. The van der Waals surface area contributed by atoms with Crippen LogP contribution in [0.1, 0.15) is 43.8 Å². The third-order valence-corrected chi connectivity index (χ3v) is 4.56. The van der Waals surface area contributed by atoms with E-state index < -0.39 is 24.1 Å². The van der Waals surface area contributed by atoms with Gasteiger partial charge < -0.3 is 14.4 Å². The van der Waals surface area contributed by atoms with Crippen molar-refractivity contribution in [3.63, 3.8) is 0 Å². The number of aliphatic hydroxyl groups is 1. The molecule has 3 rings (SSSR count). The topological polar surface area (TPSA) is 85.6 Å². The Morgan fingerprint density at radius 1 is 1.25 bits per heavy atom. The summed E-state index contributed by atoms with van der Waals surface area (Å²) in [6, 6.07) is 4.89. The first-order valence-electron chi connectivity index (χ1n) is 7.30. The molecule has 7 heteroatoms. The highest BCUT2D eigenvalue weighted by atomic mass is 79.9. The molecule has 0 amide bonds. The Bertz CT molecular complexity index is 897. The van der Waals surface area contributed by atoms with Crippen LogP contribution in [0.4, 0.5) is 0 Å². The van der Waals surface area contributed by atoms with Crippen LogP contribution >= 0.6 is 15.9 Å². The maximum atomic E-state index is 12.5. The Morgan fingerprint density at radius 3 is 2.58 bits per heavy atom. The molecule has 24 heavy (non-hydrogen) atoms. The summed E-state index contributed by atoms with van der Waals surface area (Å²) in [5, 5.41) is 9.69. The number of hydrogen-bond acceptors (Lipinski definition) is 5. The van der Waals surface area contributed by atoms with Gasteiger partial charge >= 0.3 is 5.97 Å². The van der Waals surface area contributed by atoms with Crippen molar-refractivity contribution in [2.45, 2.75) is 13.5 Å². The molecule has 1 aromatic carbocycles. The normalized spacial score (nSPS) is 12.8. The summed E-state index contributed by atoms with van der Waals surface area (Å²) in [6.45, 7) is 1.37. The number of rotatable bonds is 3. The molecule has 0 saturated heterocycles. The first kappa shape index (κ1) is 16.6. The molecule has 0 aliphatic heterocycles. The lowest BCUT2D eigenvalue weighted by molar-refractivity contribution is 0.0523. The van der Waals surface area contributed by atoms with Crippen molar-refractivity contribution in [1.29, 1.82) is 0 Å². The van der Waals surface area contributed by atoms with Gasteiger partial charge in [-0.05, 0) is 30.7 Å². The molecule has 1 heterocycles. The Morgan fingerprint density at radius 2 is 1.96 bits per heavy atom. The summed E-state index contributed by atoms with van der Waals surface area (Å²) in [5.41, 5.74) is 1.50. The monoisotopic (exact) mass is 391 g/mol. The fourth-order valence-corrected chi connectivity index (χ4v) is 3.38. The second-order valence-corrected chi connectivity index (χ2v) is 6.25. The highest BCUT2D eigenvalue weighted by molar-refractivity contribution is 9.10. The zero-order valence-electron chi connectivity index (χ0n) is 13.1. The summed E-state index contributed by atoms with van der Waals surface area (Å²) in [4.78, 5) is 37.4. The number of fused-ring (bicyclic) bond motifs is 3. The molecule has 0 atom stereocenters. The minimum Gasteiger partial charge on any atom is -0.462 e. The van der Waals surface area contributed by atoms with E-state index in [0.717, 1.165) is 0 Å². The van der Waals surface area contributed by atoms with Gasteiger partial charge in [-0.25, -0.2) is 4.79 Å². The maximum absolute atomic E-state index is 12.5. The van der Waals surface area contributed by atoms with E-state index in [1.165, 1.54) is 4.57 Å². The summed E-state index contributed by atoms with van der Waals surface area (Å²) >= 11 is 3.34. The molecule has 0 fully saturated rings. The van der Waals surface area contributed by atoms with Crippen LogP contribution in [0.2, 0.25) is 0 Å². The van der Waals surface area contributed by atoms with E-state index in [2.05, 4.69) is 15.9 Å². The molecular weight excluding hydrogens is 378 g/mol. The number of halogens is 1. The fourth-order valence-electron chi connectivity index (χ4n) is 3.02. The van der Waals surface area contributed by atoms with Crippen LogP contribution in [-0.4, -0.2) is 33.8 Å². The Hall–Kier alpha value is -2.25. The lowest BCUT2D eigenvalue weighted by Crippen LogP contribution is -2.23. The summed E-state index contributed by atoms with van der Waals surface area (Å²) in [6.07, 6.45) is 0. The number of carbonyl (C=O) groups is 3. The van der Waals surface area contributed by atoms with Gasteiger partial charge in [0.1, 0.15) is 5.69 Å². The smallest absolute Gasteiger partial charge is 0.340 e. The van der Waals surface area contributed by atoms with Crippen LogP contribution < -0.4 is 0 Å². The molecule has 1 N–H and O–H groups in total. The molecule has 6 nitrogen and oxygen atoms in total. The number of aliphatic hydroxyl groups excluding tert-OH is 1. The van der Waals surface area contributed by atoms with Crippen LogP contribution in [0.25, 0.3) is 11.1 Å². The minimum atomic E-state index is -0.701. The van der Waals surface area contributed by atoms with Gasteiger partial charge in [-0.1, -0.05) is 15.9 Å². The van der Waals surface area contributed by atoms with Gasteiger partial charge in [0.05, 0.1) is 24.5 Å². The molecule has 2 aromatic rings. The third kappa shape index (κ3) is 2.23. The number of hydrogen-bond donors (Lipinski definition) is 1. The molecular formula is C17H14BrNO5. The van der Waals surface area contributed by atoms with Crippen molar-refractivity contribution in [3.8, 4) is 11.1 Å². The molecule has 0 spiro atoms. The minimum absolute atomic E-state index is 0.0951. The molecule has 0 bridgehead atoms. The van der Waals surface area contributed by atoms with Gasteiger partial charge in [0, 0.05) is 22.6 Å². The first-order chi connectivity index (χ1) is 11.4. The Labute approximate surface area is 146 Å². The quantitative estimate of drug-likeness (QED) is 0.641. The van der Waals surface area contributed by atoms with Crippen LogP contribution in [0.3, 0.4) is 0 Å². The maximum Gasteiger partial charge on any atom is 0.340 e. The number of benzene rings is 1. The fraction of sp³-hybridized carbons (Fsp3) is 0.235. The van der Waals surface area contributed by atoms with Crippen molar-refractivity contribution in [2.75, 3.05) is 6.61 Å². The SMILES string of the molecule is CCOC(=O)c1c2c(n(C)c1CO)C(=O)C(=O)c1ccc(Br)cc1-2. The zero-order valence-corrected chi connectivity index (χ0v) is 14.6. The van der Waals surface area contributed by atoms with Gasteiger partial charge in [0.25, 0.3) is 5.78 Å². The summed E-state index contributed by atoms with van der Waals surface area (Å²) < 4.78 is 7.19. The van der Waals surface area contributed by atoms with E-state index in [4.69, 9.17) is 4.74 Å². The van der Waals surface area contributed by atoms with Gasteiger partial charge in [0.2, 0.25) is 5.78 Å². The number of nitrogens with zero attached hydrogens (tertiary/aromatic N) is 1. The van der Waals surface area contributed by atoms with E-state index in [1.807, 2.05) is 0 Å². The van der Waals surface area contributed by atoms with E-state index in [9.17, 15) is 19.5 Å². The molecule has 0 unspecified atom stereocenters. The van der Waals surface area contributed by atoms with Gasteiger partial charge in [-0.2, -0.15) is 0 Å². The molecule has 0 saturated carbocycles. The van der Waals surface area contributed by atoms with Crippen molar-refractivity contribution in [1.82, 2.24) is 4.57 Å². The van der Waals surface area contributed by atoms with E-state index in [1.54, 1.807) is 32.2 Å². The Kier molecular flexibility index (Phi) is 4.15. The number of ketones is 2. The van der Waals surface area contributed by atoms with Crippen LogP contribution in [-0.2, 0) is 18.4 Å².